The molecule has 27 heavy (non-hydrogen) atoms. The molecule has 8 nitrogen and oxygen atoms in total. The second-order valence-electron chi connectivity index (χ2n) is 5.71. The fourth-order valence-corrected chi connectivity index (χ4v) is 3.49. The van der Waals surface area contributed by atoms with Crippen LogP contribution in [0.2, 0.25) is 5.02 Å². The van der Waals surface area contributed by atoms with E-state index in [2.05, 4.69) is 14.8 Å². The topological polar surface area (TPSA) is 106 Å². The predicted molar refractivity (Wildman–Crippen MR) is 99.9 cm³/mol. The number of carbonyl (C=O) groups excluding carboxylic acids is 2. The van der Waals surface area contributed by atoms with Crippen LogP contribution in [-0.2, 0) is 33.1 Å². The lowest BCUT2D eigenvalue weighted by atomic mass is 10.2. The molecule has 0 spiro atoms. The quantitative estimate of drug-likeness (QED) is 0.637. The maximum Gasteiger partial charge on any atom is 0.354 e. The molecule has 0 unspecified atom stereocenters. The summed E-state index contributed by atoms with van der Waals surface area (Å²) in [6, 6.07) is 8.24. The number of halogens is 1. The van der Waals surface area contributed by atoms with Gasteiger partial charge in [-0.25, -0.2) is 17.9 Å². The van der Waals surface area contributed by atoms with Crippen molar-refractivity contribution in [2.45, 2.75) is 17.9 Å². The van der Waals surface area contributed by atoms with E-state index in [1.807, 2.05) is 0 Å². The molecule has 1 amide bonds. The maximum absolute atomic E-state index is 12.3. The fourth-order valence-electron chi connectivity index (χ4n) is 2.26. The summed E-state index contributed by atoms with van der Waals surface area (Å²) in [5.41, 5.74) is 0.992. The zero-order valence-corrected chi connectivity index (χ0v) is 16.4. The van der Waals surface area contributed by atoms with Gasteiger partial charge >= 0.3 is 5.97 Å². The SMILES string of the molecule is COC(=O)c1cc(S(=O)(=O)NCCC(=O)NCc2ccc(Cl)cc2)cn1C. The van der Waals surface area contributed by atoms with E-state index < -0.39 is 16.0 Å². The molecule has 0 radical (unpaired) electrons. The van der Waals surface area contributed by atoms with Gasteiger partial charge in [-0.1, -0.05) is 23.7 Å². The normalized spacial score (nSPS) is 11.2. The smallest absolute Gasteiger partial charge is 0.354 e. The Labute approximate surface area is 162 Å². The molecular formula is C17H20ClN3O5S. The molecular weight excluding hydrogens is 394 g/mol. The van der Waals surface area contributed by atoms with Gasteiger partial charge in [0.2, 0.25) is 15.9 Å². The molecule has 0 saturated heterocycles. The Balaban J connectivity index is 1.85. The zero-order chi connectivity index (χ0) is 20.0. The Morgan fingerprint density at radius 3 is 2.52 bits per heavy atom. The molecule has 1 heterocycles. The third-order valence-corrected chi connectivity index (χ3v) is 5.41. The van der Waals surface area contributed by atoms with Gasteiger partial charge in [0.15, 0.2) is 0 Å². The van der Waals surface area contributed by atoms with Crippen LogP contribution in [0.3, 0.4) is 0 Å². The summed E-state index contributed by atoms with van der Waals surface area (Å²) >= 11 is 5.79. The average Bonchev–Trinajstić information content (AvgIpc) is 3.03. The van der Waals surface area contributed by atoms with Crippen LogP contribution < -0.4 is 10.0 Å². The van der Waals surface area contributed by atoms with Crippen molar-refractivity contribution in [2.75, 3.05) is 13.7 Å². The highest BCUT2D eigenvalue weighted by Crippen LogP contribution is 2.14. The van der Waals surface area contributed by atoms with Crippen LogP contribution in [-0.4, -0.2) is 38.5 Å². The molecule has 2 rings (SSSR count). The van der Waals surface area contributed by atoms with Crippen molar-refractivity contribution in [1.29, 1.82) is 0 Å². The molecule has 2 aromatic rings. The number of sulfonamides is 1. The van der Waals surface area contributed by atoms with Crippen LogP contribution in [0.4, 0.5) is 0 Å². The second kappa shape index (κ2) is 9.03. The van der Waals surface area contributed by atoms with Gasteiger partial charge in [-0.2, -0.15) is 0 Å². The number of carbonyl (C=O) groups is 2. The van der Waals surface area contributed by atoms with Crippen LogP contribution in [0, 0.1) is 0 Å². The number of rotatable bonds is 8. The van der Waals surface area contributed by atoms with E-state index in [9.17, 15) is 18.0 Å². The van der Waals surface area contributed by atoms with E-state index in [1.54, 1.807) is 24.3 Å². The minimum absolute atomic E-state index is 0.0243. The minimum Gasteiger partial charge on any atom is -0.464 e. The lowest BCUT2D eigenvalue weighted by Crippen LogP contribution is -2.30. The largest absolute Gasteiger partial charge is 0.464 e. The highest BCUT2D eigenvalue weighted by molar-refractivity contribution is 7.89. The summed E-state index contributed by atoms with van der Waals surface area (Å²) in [5.74, 6) is -0.934. The Bertz CT molecular complexity index is 923. The van der Waals surface area contributed by atoms with E-state index in [0.29, 0.717) is 11.6 Å². The number of hydrogen-bond donors (Lipinski definition) is 2. The Hall–Kier alpha value is -2.36. The molecule has 0 bridgehead atoms. The first-order valence-electron chi connectivity index (χ1n) is 7.98. The molecule has 2 N–H and O–H groups in total. The molecule has 146 valence electrons. The number of nitrogens with zero attached hydrogens (tertiary/aromatic N) is 1. The first-order chi connectivity index (χ1) is 12.7. The molecule has 0 aliphatic rings. The molecule has 0 saturated carbocycles. The lowest BCUT2D eigenvalue weighted by molar-refractivity contribution is -0.121. The molecule has 0 aliphatic carbocycles. The Kier molecular flexibility index (Phi) is 7.00. The van der Waals surface area contributed by atoms with Crippen molar-refractivity contribution in [2.24, 2.45) is 7.05 Å². The standard InChI is InChI=1S/C17H20ClN3O5S/c1-21-11-14(9-15(21)17(23)26-2)27(24,25)20-8-7-16(22)19-10-12-3-5-13(18)6-4-12/h3-6,9,11,20H,7-8,10H2,1-2H3,(H,19,22). The van der Waals surface area contributed by atoms with Gasteiger partial charge in [-0.3, -0.25) is 4.79 Å². The van der Waals surface area contributed by atoms with E-state index in [-0.39, 0.29) is 29.5 Å². The van der Waals surface area contributed by atoms with Crippen molar-refractivity contribution in [3.05, 3.63) is 52.8 Å². The third-order valence-electron chi connectivity index (χ3n) is 3.73. The van der Waals surface area contributed by atoms with Gasteiger partial charge < -0.3 is 14.6 Å². The molecule has 1 aromatic carbocycles. The van der Waals surface area contributed by atoms with Gasteiger partial charge in [0.05, 0.1) is 7.11 Å². The number of nitrogens with one attached hydrogen (secondary N) is 2. The van der Waals surface area contributed by atoms with Crippen molar-refractivity contribution in [3.63, 3.8) is 0 Å². The molecule has 10 heteroatoms. The van der Waals surface area contributed by atoms with Crippen LogP contribution in [0.5, 0.6) is 0 Å². The first-order valence-corrected chi connectivity index (χ1v) is 9.84. The van der Waals surface area contributed by atoms with Crippen LogP contribution >= 0.6 is 11.6 Å². The highest BCUT2D eigenvalue weighted by Gasteiger charge is 2.20. The molecule has 0 fully saturated rings. The summed E-state index contributed by atoms with van der Waals surface area (Å²) in [6.07, 6.45) is 1.28. The van der Waals surface area contributed by atoms with Crippen molar-refractivity contribution >= 4 is 33.5 Å². The fraction of sp³-hybridized carbons (Fsp3) is 0.294. The number of aromatic nitrogens is 1. The van der Waals surface area contributed by atoms with Gasteiger partial charge in [0, 0.05) is 37.8 Å². The van der Waals surface area contributed by atoms with Gasteiger partial charge in [-0.05, 0) is 23.8 Å². The number of aryl methyl sites for hydroxylation is 1. The number of ether oxygens (including phenoxy) is 1. The maximum atomic E-state index is 12.3. The van der Waals surface area contributed by atoms with Crippen molar-refractivity contribution in [3.8, 4) is 0 Å². The summed E-state index contributed by atoms with van der Waals surface area (Å²) < 4.78 is 32.8. The molecule has 0 atom stereocenters. The number of esters is 1. The number of methoxy groups -OCH3 is 1. The monoisotopic (exact) mass is 413 g/mol. The van der Waals surface area contributed by atoms with Crippen molar-refractivity contribution in [1.82, 2.24) is 14.6 Å². The number of benzene rings is 1. The zero-order valence-electron chi connectivity index (χ0n) is 14.9. The van der Waals surface area contributed by atoms with Crippen molar-refractivity contribution < 1.29 is 22.7 Å². The Morgan fingerprint density at radius 1 is 1.22 bits per heavy atom. The van der Waals surface area contributed by atoms with E-state index in [1.165, 1.54) is 31.0 Å². The average molecular weight is 414 g/mol. The third kappa shape index (κ3) is 5.81. The van der Waals surface area contributed by atoms with Crippen LogP contribution in [0.1, 0.15) is 22.5 Å². The Morgan fingerprint density at radius 2 is 1.89 bits per heavy atom. The van der Waals surface area contributed by atoms with Crippen LogP contribution in [0.15, 0.2) is 41.4 Å². The summed E-state index contributed by atoms with van der Waals surface area (Å²) in [5, 5.41) is 3.31. The molecule has 0 aliphatic heterocycles. The van der Waals surface area contributed by atoms with Gasteiger partial charge in [0.1, 0.15) is 10.6 Å². The van der Waals surface area contributed by atoms with Crippen LogP contribution in [0.25, 0.3) is 0 Å². The minimum atomic E-state index is -3.84. The predicted octanol–water partition coefficient (Wildman–Crippen LogP) is 1.45. The summed E-state index contributed by atoms with van der Waals surface area (Å²) in [7, 11) is -1.09. The van der Waals surface area contributed by atoms with Gasteiger partial charge in [-0.15, -0.1) is 0 Å². The number of amides is 1. The number of hydrogen-bond acceptors (Lipinski definition) is 5. The second-order valence-corrected chi connectivity index (χ2v) is 7.92. The highest BCUT2D eigenvalue weighted by atomic mass is 35.5. The summed E-state index contributed by atoms with van der Waals surface area (Å²) in [6.45, 7) is 0.251. The molecule has 1 aromatic heterocycles. The first kappa shape index (κ1) is 20.9. The van der Waals surface area contributed by atoms with E-state index in [4.69, 9.17) is 11.6 Å². The van der Waals surface area contributed by atoms with Gasteiger partial charge in [0.25, 0.3) is 0 Å². The van der Waals surface area contributed by atoms with E-state index in [0.717, 1.165) is 5.56 Å². The summed E-state index contributed by atoms with van der Waals surface area (Å²) in [4.78, 5) is 23.3. The van der Waals surface area contributed by atoms with E-state index >= 15 is 0 Å². The lowest BCUT2D eigenvalue weighted by Gasteiger charge is -2.07.